The Morgan fingerprint density at radius 1 is 0.276 bits per heavy atom. The van der Waals surface area contributed by atoms with E-state index in [0.29, 0.717) is 41.4 Å². The number of hydrogen-bond acceptors (Lipinski definition) is 0. The third-order valence-electron chi connectivity index (χ3n) is 29.4. The summed E-state index contributed by atoms with van der Waals surface area (Å²) >= 11 is 0. The van der Waals surface area contributed by atoms with Gasteiger partial charge in [0.25, 0.3) is 0 Å². The van der Waals surface area contributed by atoms with Crippen LogP contribution < -0.4 is 0 Å². The van der Waals surface area contributed by atoms with E-state index in [4.69, 9.17) is 0 Å². The van der Waals surface area contributed by atoms with Gasteiger partial charge in [-0.2, -0.15) is 0 Å². The van der Waals surface area contributed by atoms with Gasteiger partial charge in [0, 0.05) is 0 Å². The first kappa shape index (κ1) is 98.0. The van der Waals surface area contributed by atoms with Crippen LogP contribution in [0.1, 0.15) is 521 Å². The molecule has 0 bridgehead atoms. The highest BCUT2D eigenvalue weighted by molar-refractivity contribution is 5.22. The molecule has 0 saturated heterocycles. The summed E-state index contributed by atoms with van der Waals surface area (Å²) in [6.45, 7) is 74.7. The van der Waals surface area contributed by atoms with Crippen LogP contribution in [0.2, 0.25) is 0 Å². The van der Waals surface area contributed by atoms with E-state index in [-0.39, 0.29) is 32.5 Å². The molecule has 0 radical (unpaired) electrons. The highest BCUT2D eigenvalue weighted by Crippen LogP contribution is 2.80. The van der Waals surface area contributed by atoms with Crippen molar-refractivity contribution < 1.29 is 0 Å². The van der Waals surface area contributed by atoms with Gasteiger partial charge in [-0.3, -0.25) is 0 Å². The van der Waals surface area contributed by atoms with Crippen molar-refractivity contribution in [3.63, 3.8) is 0 Å². The molecular formula is C98H198. The van der Waals surface area contributed by atoms with E-state index in [1.807, 2.05) is 0 Å². The second-order valence-electron chi connectivity index (χ2n) is 38.6. The summed E-state index contributed by atoms with van der Waals surface area (Å²) in [7, 11) is 0. The van der Waals surface area contributed by atoms with Crippen molar-refractivity contribution in [2.45, 2.75) is 521 Å². The molecule has 98 heavy (non-hydrogen) atoms. The van der Waals surface area contributed by atoms with Crippen LogP contribution in [-0.2, 0) is 0 Å². The third kappa shape index (κ3) is 32.2. The van der Waals surface area contributed by atoms with E-state index in [1.165, 1.54) is 334 Å². The standard InChI is InChI=1S/C98H198/c1-28-43-51-64-86(58-37-10)74-91(79-93(22,23)71-50-35-8)95(26,76-88(60-39-12)66-53-45-30-3)96(27,83(19)70-69-80(16)42-15)98(84(20)73-81(17)57-36-9,78-90(62-41-14)68-55-47-32-5)97(85(21)82(18)63-49-34-7,77-89(61-40-13)67-54-46-31-4)92(94(24,25)72-56-48-33-6)75-87(59-38-11)65-52-44-29-2/h80-92H,28-79H2,1-27H3. The molecule has 17 unspecified atom stereocenters. The summed E-state index contributed by atoms with van der Waals surface area (Å²) in [4.78, 5) is 0. The van der Waals surface area contributed by atoms with Gasteiger partial charge in [0.1, 0.15) is 0 Å². The Hall–Kier alpha value is 0. The summed E-state index contributed by atoms with van der Waals surface area (Å²) in [6.07, 6.45) is 72.4. The molecule has 0 saturated carbocycles. The van der Waals surface area contributed by atoms with Gasteiger partial charge in [0.05, 0.1) is 0 Å². The fraction of sp³-hybridized carbons (Fsp3) is 1.00. The van der Waals surface area contributed by atoms with Crippen LogP contribution in [0.3, 0.4) is 0 Å². The molecule has 0 aliphatic heterocycles. The lowest BCUT2D eigenvalue weighted by Gasteiger charge is -2.77. The van der Waals surface area contributed by atoms with Gasteiger partial charge in [0.2, 0.25) is 0 Å². The second-order valence-corrected chi connectivity index (χ2v) is 38.6. The van der Waals surface area contributed by atoms with Gasteiger partial charge in [-0.1, -0.05) is 457 Å². The Kier molecular flexibility index (Phi) is 55.4. The molecule has 0 aromatic heterocycles. The average molecular weight is 1380 g/mol. The van der Waals surface area contributed by atoms with E-state index in [1.54, 1.807) is 0 Å². The summed E-state index contributed by atoms with van der Waals surface area (Å²) in [5.41, 5.74) is 0.726. The van der Waals surface area contributed by atoms with Crippen molar-refractivity contribution in [3.05, 3.63) is 0 Å². The number of rotatable bonds is 70. The van der Waals surface area contributed by atoms with E-state index >= 15 is 0 Å². The zero-order chi connectivity index (χ0) is 74.3. The molecule has 0 rings (SSSR count). The lowest BCUT2D eigenvalue weighted by atomic mass is 9.27. The lowest BCUT2D eigenvalue weighted by Crippen LogP contribution is -2.71. The molecule has 17 atom stereocenters. The van der Waals surface area contributed by atoms with E-state index in [0.717, 1.165) is 35.5 Å². The van der Waals surface area contributed by atoms with Gasteiger partial charge in [-0.25, -0.2) is 0 Å². The zero-order valence-electron chi connectivity index (χ0n) is 74.3. The summed E-state index contributed by atoms with van der Waals surface area (Å²) < 4.78 is 0. The minimum Gasteiger partial charge on any atom is -0.0654 e. The summed E-state index contributed by atoms with van der Waals surface area (Å²) in [5.74, 6) is 9.05. The van der Waals surface area contributed by atoms with Gasteiger partial charge in [0.15, 0.2) is 0 Å². The predicted octanol–water partition coefficient (Wildman–Crippen LogP) is 35.7. The van der Waals surface area contributed by atoms with Crippen LogP contribution >= 0.6 is 0 Å². The molecule has 0 fully saturated rings. The SMILES string of the molecule is CCCCCC(CCC)CC(CC(C)(C)CCCC)C(C)(CC(CCC)CCCCC)C(C)(C(C)CCC(C)CC)C(CC(CCC)CCCCC)(C(C)CC(C)CCC)C(CC(CCC)CCCCC)(C(C)C(C)CCCC)C(CC(CCC)CCCCC)C(C)(C)CCCCC. The highest BCUT2D eigenvalue weighted by Gasteiger charge is 2.74. The molecule has 0 aromatic rings. The van der Waals surface area contributed by atoms with Crippen molar-refractivity contribution in [2.75, 3.05) is 0 Å². The van der Waals surface area contributed by atoms with E-state index in [9.17, 15) is 0 Å². The molecular weight excluding hydrogens is 1180 g/mol. The second kappa shape index (κ2) is 55.4. The maximum Gasteiger partial charge on any atom is -0.0145 e. The summed E-state index contributed by atoms with van der Waals surface area (Å²) in [6, 6.07) is 0. The Morgan fingerprint density at radius 2 is 0.673 bits per heavy atom. The van der Waals surface area contributed by atoms with Crippen molar-refractivity contribution in [1.29, 1.82) is 0 Å². The molecule has 0 aliphatic carbocycles. The highest BCUT2D eigenvalue weighted by atomic mass is 14.8. The molecule has 0 amide bonds. The fourth-order valence-corrected chi connectivity index (χ4v) is 23.4. The van der Waals surface area contributed by atoms with E-state index in [2.05, 4.69) is 187 Å². The maximum absolute atomic E-state index is 3.38. The Morgan fingerprint density at radius 3 is 1.10 bits per heavy atom. The number of unbranched alkanes of at least 4 members (excludes halogenated alkanes) is 14. The third-order valence-corrected chi connectivity index (χ3v) is 29.4. The Labute approximate surface area is 626 Å². The van der Waals surface area contributed by atoms with Crippen LogP contribution in [-0.4, -0.2) is 0 Å². The van der Waals surface area contributed by atoms with Crippen molar-refractivity contribution in [2.24, 2.45) is 109 Å². The van der Waals surface area contributed by atoms with Crippen molar-refractivity contribution in [1.82, 2.24) is 0 Å². The normalized spacial score (nSPS) is 19.3. The molecule has 0 heteroatoms. The van der Waals surface area contributed by atoms with Crippen LogP contribution in [0, 0.1) is 109 Å². The molecule has 0 aliphatic rings. The van der Waals surface area contributed by atoms with Crippen molar-refractivity contribution in [3.8, 4) is 0 Å². The van der Waals surface area contributed by atoms with Gasteiger partial charge in [-0.15, -0.1) is 0 Å². The average Bonchev–Trinajstić information content (AvgIpc) is 0.668. The van der Waals surface area contributed by atoms with Crippen LogP contribution in [0.15, 0.2) is 0 Å². The van der Waals surface area contributed by atoms with Crippen molar-refractivity contribution >= 4 is 0 Å². The lowest BCUT2D eigenvalue weighted by molar-refractivity contribution is -0.290. The van der Waals surface area contributed by atoms with Gasteiger partial charge >= 0.3 is 0 Å². The quantitative estimate of drug-likeness (QED) is 0.0533. The Balaban J connectivity index is 12.5. The topological polar surface area (TPSA) is 0 Å². The fourth-order valence-electron chi connectivity index (χ4n) is 23.4. The van der Waals surface area contributed by atoms with Crippen LogP contribution in [0.4, 0.5) is 0 Å². The Bertz CT molecular complexity index is 1770. The molecule has 0 nitrogen and oxygen atoms in total. The van der Waals surface area contributed by atoms with Gasteiger partial charge < -0.3 is 0 Å². The van der Waals surface area contributed by atoms with Crippen LogP contribution in [0.25, 0.3) is 0 Å². The molecule has 0 aromatic carbocycles. The smallest absolute Gasteiger partial charge is 0.0145 e. The first-order valence-corrected chi connectivity index (χ1v) is 46.7. The van der Waals surface area contributed by atoms with E-state index < -0.39 is 0 Å². The first-order valence-electron chi connectivity index (χ1n) is 46.7. The zero-order valence-corrected chi connectivity index (χ0v) is 74.3. The number of hydrogen-bond donors (Lipinski definition) is 0. The monoisotopic (exact) mass is 1380 g/mol. The molecule has 0 heterocycles. The minimum atomic E-state index is 0.0249. The minimum absolute atomic E-state index is 0.0249. The first-order chi connectivity index (χ1) is 46.7. The summed E-state index contributed by atoms with van der Waals surface area (Å²) in [5, 5.41) is 0. The predicted molar refractivity (Wildman–Crippen MR) is 453 cm³/mol. The molecule has 0 N–H and O–H groups in total. The maximum atomic E-state index is 3.38. The van der Waals surface area contributed by atoms with Gasteiger partial charge in [-0.05, 0) is 174 Å². The van der Waals surface area contributed by atoms with Crippen LogP contribution in [0.5, 0.6) is 0 Å². The molecule has 0 spiro atoms. The molecule has 590 valence electrons. The largest absolute Gasteiger partial charge is 0.0654 e.